The van der Waals surface area contributed by atoms with E-state index in [2.05, 4.69) is 177 Å². The third kappa shape index (κ3) is 5.44. The van der Waals surface area contributed by atoms with Gasteiger partial charge in [0.15, 0.2) is 0 Å². The van der Waals surface area contributed by atoms with Crippen LogP contribution in [0.5, 0.6) is 0 Å². The van der Waals surface area contributed by atoms with Crippen LogP contribution in [0.15, 0.2) is 115 Å². The third-order valence-corrected chi connectivity index (χ3v) is 10.1. The van der Waals surface area contributed by atoms with E-state index in [9.17, 15) is 0 Å². The number of aryl methyl sites for hydroxylation is 1. The number of hydrogen-bond donors (Lipinski definition) is 0. The van der Waals surface area contributed by atoms with E-state index < -0.39 is 0 Å². The molecule has 0 saturated heterocycles. The van der Waals surface area contributed by atoms with Crippen LogP contribution in [0, 0.1) is 13.8 Å². The second-order valence-electron chi connectivity index (χ2n) is 15.4. The Kier molecular flexibility index (Phi) is 7.59. The molecule has 0 radical (unpaired) electrons. The number of rotatable bonds is 4. The molecule has 7 rings (SSSR count). The van der Waals surface area contributed by atoms with E-state index in [1.54, 1.807) is 0 Å². The Balaban J connectivity index is 1.71. The van der Waals surface area contributed by atoms with Crippen LogP contribution in [0.4, 0.5) is 0 Å². The van der Waals surface area contributed by atoms with E-state index in [1.807, 2.05) is 0 Å². The first kappa shape index (κ1) is 30.9. The van der Waals surface area contributed by atoms with E-state index >= 15 is 0 Å². The van der Waals surface area contributed by atoms with Crippen molar-refractivity contribution in [3.63, 3.8) is 0 Å². The van der Waals surface area contributed by atoms with Crippen LogP contribution in [-0.4, -0.2) is 0 Å². The molecule has 5 aromatic carbocycles. The Bertz CT molecular complexity index is 2170. The van der Waals surface area contributed by atoms with Gasteiger partial charge in [0.1, 0.15) is 0 Å². The lowest BCUT2D eigenvalue weighted by Gasteiger charge is -2.28. The summed E-state index contributed by atoms with van der Waals surface area (Å²) in [6.07, 6.45) is 8.16. The van der Waals surface area contributed by atoms with Crippen LogP contribution < -0.4 is 10.4 Å². The molecule has 0 unspecified atom stereocenters. The second kappa shape index (κ2) is 11.5. The van der Waals surface area contributed by atoms with E-state index in [-0.39, 0.29) is 10.8 Å². The predicted octanol–water partition coefficient (Wildman–Crippen LogP) is 10.8. The summed E-state index contributed by atoms with van der Waals surface area (Å²) in [7, 11) is 0. The van der Waals surface area contributed by atoms with Gasteiger partial charge in [-0.15, -0.1) is 0 Å². The molecule has 47 heavy (non-hydrogen) atoms. The Morgan fingerprint density at radius 1 is 0.617 bits per heavy atom. The average molecular weight is 611 g/mol. The Morgan fingerprint density at radius 3 is 1.89 bits per heavy atom. The molecular weight excluding hydrogens is 565 g/mol. The number of benzene rings is 5. The first-order valence-corrected chi connectivity index (χ1v) is 17.1. The van der Waals surface area contributed by atoms with Crippen molar-refractivity contribution in [2.45, 2.75) is 72.6 Å². The van der Waals surface area contributed by atoms with Crippen LogP contribution in [0.25, 0.3) is 33.9 Å². The van der Waals surface area contributed by atoms with Crippen molar-refractivity contribution in [2.75, 3.05) is 0 Å². The molecule has 234 valence electrons. The van der Waals surface area contributed by atoms with Gasteiger partial charge >= 0.3 is 0 Å². The van der Waals surface area contributed by atoms with E-state index in [0.29, 0.717) is 0 Å². The Labute approximate surface area is 281 Å². The van der Waals surface area contributed by atoms with Gasteiger partial charge in [-0.3, -0.25) is 0 Å². The fraction of sp³-hybridized carbons (Fsp3) is 0.234. The molecule has 0 N–H and O–H groups in total. The topological polar surface area (TPSA) is 0 Å². The minimum absolute atomic E-state index is 0.0809. The van der Waals surface area contributed by atoms with Gasteiger partial charge in [-0.05, 0) is 132 Å². The quantitative estimate of drug-likeness (QED) is 0.186. The zero-order valence-electron chi connectivity index (χ0n) is 29.3. The summed E-state index contributed by atoms with van der Waals surface area (Å²) in [4.78, 5) is 0. The molecule has 0 saturated carbocycles. The maximum atomic E-state index is 2.52. The van der Waals surface area contributed by atoms with E-state index in [0.717, 1.165) is 6.42 Å². The van der Waals surface area contributed by atoms with Crippen molar-refractivity contribution < 1.29 is 0 Å². The van der Waals surface area contributed by atoms with Crippen molar-refractivity contribution in [3.05, 3.63) is 176 Å². The molecule has 0 aromatic heterocycles. The maximum absolute atomic E-state index is 2.52. The molecule has 0 spiro atoms. The fourth-order valence-corrected chi connectivity index (χ4v) is 7.63. The molecule has 0 bridgehead atoms. The molecule has 0 heterocycles. The standard InChI is InChI=1S/C47H46/c1-30-17-15-22-36(31(30)2)38-23-16-24-39(38)44-41-28-34-27-35(46(3,4)5)25-26-37(34)40(41)29-42(45(44)47(6,7)8)43(32-18-11-9-12-19-32)33-20-13-10-14-21-33/h9-23,25-29H,24H2,1-8H3. The van der Waals surface area contributed by atoms with Gasteiger partial charge in [0.25, 0.3) is 0 Å². The molecule has 5 aromatic rings. The summed E-state index contributed by atoms with van der Waals surface area (Å²) in [6, 6.07) is 38.4. The summed E-state index contributed by atoms with van der Waals surface area (Å²) >= 11 is 0. The number of allylic oxidation sites excluding steroid dienone is 4. The average Bonchev–Trinajstić information content (AvgIpc) is 3.67. The van der Waals surface area contributed by atoms with Gasteiger partial charge in [-0.1, -0.05) is 151 Å². The normalized spacial score (nSPS) is 13.9. The first-order valence-electron chi connectivity index (χ1n) is 17.1. The van der Waals surface area contributed by atoms with Gasteiger partial charge in [0.05, 0.1) is 0 Å². The minimum atomic E-state index is -0.129. The van der Waals surface area contributed by atoms with Crippen LogP contribution in [0.1, 0.15) is 98.0 Å². The summed E-state index contributed by atoms with van der Waals surface area (Å²) < 4.78 is 0. The number of fused-ring (bicyclic) bond motifs is 3. The SMILES string of the molecule is Cc1cccc(C2=C(c3c(C(C)(C)C)c(=C(c4ccccc4)c4ccccc4)cc4c3=Cc3cc(C(C)(C)C)ccc3-4)CC=C2)c1C. The molecule has 0 fully saturated rings. The smallest absolute Gasteiger partial charge is 0.00354 e. The highest BCUT2D eigenvalue weighted by Crippen LogP contribution is 2.42. The van der Waals surface area contributed by atoms with Gasteiger partial charge < -0.3 is 0 Å². The molecular formula is C47H46. The largest absolute Gasteiger partial charge is 0.0795 e. The molecule has 0 aliphatic heterocycles. The maximum Gasteiger partial charge on any atom is -0.00354 e. The first-order chi connectivity index (χ1) is 22.4. The summed E-state index contributed by atoms with van der Waals surface area (Å²) in [6.45, 7) is 18.6. The highest BCUT2D eigenvalue weighted by Gasteiger charge is 2.30. The van der Waals surface area contributed by atoms with E-state index in [1.165, 1.54) is 88.4 Å². The summed E-state index contributed by atoms with van der Waals surface area (Å²) in [5.41, 5.74) is 18.7. The minimum Gasteiger partial charge on any atom is -0.0795 e. The molecule has 2 aliphatic carbocycles. The van der Waals surface area contributed by atoms with Gasteiger partial charge in [-0.25, -0.2) is 0 Å². The number of hydrogen-bond acceptors (Lipinski definition) is 0. The zero-order chi connectivity index (χ0) is 33.1. The predicted molar refractivity (Wildman–Crippen MR) is 203 cm³/mol. The second-order valence-corrected chi connectivity index (χ2v) is 15.4. The molecule has 0 amide bonds. The Morgan fingerprint density at radius 2 is 1.28 bits per heavy atom. The van der Waals surface area contributed by atoms with Crippen molar-refractivity contribution in [1.29, 1.82) is 0 Å². The fourth-order valence-electron chi connectivity index (χ4n) is 7.63. The van der Waals surface area contributed by atoms with Crippen molar-refractivity contribution >= 4 is 22.8 Å². The molecule has 0 nitrogen and oxygen atoms in total. The highest BCUT2D eigenvalue weighted by atomic mass is 14.3. The van der Waals surface area contributed by atoms with Gasteiger partial charge in [0.2, 0.25) is 0 Å². The molecule has 0 heteroatoms. The lowest BCUT2D eigenvalue weighted by Crippen LogP contribution is -2.32. The van der Waals surface area contributed by atoms with Crippen LogP contribution in [-0.2, 0) is 10.8 Å². The third-order valence-electron chi connectivity index (χ3n) is 10.1. The summed E-state index contributed by atoms with van der Waals surface area (Å²) in [5, 5.41) is 2.69. The lowest BCUT2D eigenvalue weighted by molar-refractivity contribution is 0.583. The van der Waals surface area contributed by atoms with Gasteiger partial charge in [0, 0.05) is 0 Å². The molecule has 2 aliphatic rings. The van der Waals surface area contributed by atoms with Crippen LogP contribution in [0.2, 0.25) is 0 Å². The van der Waals surface area contributed by atoms with Crippen LogP contribution in [0.3, 0.4) is 0 Å². The van der Waals surface area contributed by atoms with Gasteiger partial charge in [-0.2, -0.15) is 0 Å². The Hall–Kier alpha value is -4.68. The van der Waals surface area contributed by atoms with Crippen LogP contribution >= 0.6 is 0 Å². The summed E-state index contributed by atoms with van der Waals surface area (Å²) in [5.74, 6) is 0. The molecule has 0 atom stereocenters. The lowest BCUT2D eigenvalue weighted by atomic mass is 9.75. The highest BCUT2D eigenvalue weighted by molar-refractivity contribution is 6.02. The van der Waals surface area contributed by atoms with Crippen molar-refractivity contribution in [3.8, 4) is 11.1 Å². The van der Waals surface area contributed by atoms with E-state index in [4.69, 9.17) is 0 Å². The van der Waals surface area contributed by atoms with Crippen molar-refractivity contribution in [1.82, 2.24) is 0 Å². The zero-order valence-corrected chi connectivity index (χ0v) is 29.3. The monoisotopic (exact) mass is 610 g/mol. The van der Waals surface area contributed by atoms with Crippen molar-refractivity contribution in [2.24, 2.45) is 0 Å².